The van der Waals surface area contributed by atoms with Gasteiger partial charge in [-0.15, -0.1) is 0 Å². The molecule has 0 fully saturated rings. The molecule has 1 aliphatic heterocycles. The van der Waals surface area contributed by atoms with Gasteiger partial charge in [-0.05, 0) is 48.9 Å². The Kier molecular flexibility index (Phi) is 3.96. The lowest BCUT2D eigenvalue weighted by molar-refractivity contribution is -0.122. The van der Waals surface area contributed by atoms with Crippen molar-refractivity contribution in [3.8, 4) is 0 Å². The van der Waals surface area contributed by atoms with Crippen molar-refractivity contribution in [3.05, 3.63) is 65.4 Å². The van der Waals surface area contributed by atoms with E-state index in [0.717, 1.165) is 5.56 Å². The standard InChI is InChI=1S/C17H13ClN2O3/c1-11-12(5-8-23-11)9-15(21)17(6-2-7-20-17)14-4-3-13(10-19-14)16(18)22/h2-8,10H,9H2,1H3. The SMILES string of the molecule is Cc1occc1CC(=O)C1(c2ccc(C(=O)Cl)cn2)C=CC=N1. The second-order valence-electron chi connectivity index (χ2n) is 5.21. The van der Waals surface area contributed by atoms with Gasteiger partial charge >= 0.3 is 0 Å². The van der Waals surface area contributed by atoms with E-state index >= 15 is 0 Å². The summed E-state index contributed by atoms with van der Waals surface area (Å²) < 4.78 is 5.23. The number of hydrogen-bond donors (Lipinski definition) is 0. The van der Waals surface area contributed by atoms with Crippen LogP contribution in [0.4, 0.5) is 0 Å². The summed E-state index contributed by atoms with van der Waals surface area (Å²) >= 11 is 5.42. The summed E-state index contributed by atoms with van der Waals surface area (Å²) in [5.41, 5.74) is 0.375. The van der Waals surface area contributed by atoms with Crippen molar-refractivity contribution in [3.63, 3.8) is 0 Å². The third-order valence-corrected chi connectivity index (χ3v) is 4.04. The van der Waals surface area contributed by atoms with Crippen molar-refractivity contribution in [1.82, 2.24) is 4.98 Å². The van der Waals surface area contributed by atoms with Gasteiger partial charge in [0.2, 0.25) is 0 Å². The Labute approximate surface area is 137 Å². The van der Waals surface area contributed by atoms with Gasteiger partial charge in [0.25, 0.3) is 5.24 Å². The van der Waals surface area contributed by atoms with Crippen LogP contribution in [-0.4, -0.2) is 22.2 Å². The Morgan fingerprint density at radius 3 is 2.65 bits per heavy atom. The fourth-order valence-corrected chi connectivity index (χ4v) is 2.59. The first-order valence-corrected chi connectivity index (χ1v) is 7.36. The number of aliphatic imine (C=N–C) groups is 1. The maximum absolute atomic E-state index is 12.9. The Bertz CT molecular complexity index is 807. The lowest BCUT2D eigenvalue weighted by Crippen LogP contribution is -2.33. The number of halogens is 1. The first-order chi connectivity index (χ1) is 11.0. The molecule has 0 aromatic carbocycles. The molecule has 3 heterocycles. The maximum atomic E-state index is 12.9. The first kappa shape index (κ1) is 15.4. The Morgan fingerprint density at radius 1 is 1.30 bits per heavy atom. The molecule has 0 saturated carbocycles. The quantitative estimate of drug-likeness (QED) is 0.791. The molecule has 0 aliphatic carbocycles. The molecule has 2 aromatic heterocycles. The molecule has 6 heteroatoms. The normalized spacial score (nSPS) is 19.2. The monoisotopic (exact) mass is 328 g/mol. The lowest BCUT2D eigenvalue weighted by Gasteiger charge is -2.22. The van der Waals surface area contributed by atoms with Gasteiger partial charge in [0.05, 0.1) is 17.5 Å². The molecule has 1 aliphatic rings. The first-order valence-electron chi connectivity index (χ1n) is 6.98. The van der Waals surface area contributed by atoms with Crippen molar-refractivity contribution in [2.24, 2.45) is 4.99 Å². The molecule has 1 unspecified atom stereocenters. The van der Waals surface area contributed by atoms with Crippen LogP contribution in [0.5, 0.6) is 0 Å². The van der Waals surface area contributed by atoms with Gasteiger partial charge in [-0.2, -0.15) is 0 Å². The summed E-state index contributed by atoms with van der Waals surface area (Å²) in [5, 5.41) is -0.594. The molecule has 0 saturated heterocycles. The summed E-state index contributed by atoms with van der Waals surface area (Å²) in [5.74, 6) is 0.583. The summed E-state index contributed by atoms with van der Waals surface area (Å²) in [6, 6.07) is 4.91. The van der Waals surface area contributed by atoms with Gasteiger partial charge in [0.1, 0.15) is 5.76 Å². The molecule has 0 radical (unpaired) electrons. The number of furan rings is 1. The molecular formula is C17H13ClN2O3. The predicted molar refractivity (Wildman–Crippen MR) is 85.9 cm³/mol. The zero-order valence-corrected chi connectivity index (χ0v) is 13.1. The summed E-state index contributed by atoms with van der Waals surface area (Å²) in [6.07, 6.45) is 8.07. The van der Waals surface area contributed by atoms with Gasteiger partial charge in [0, 0.05) is 24.4 Å². The van der Waals surface area contributed by atoms with Gasteiger partial charge in [-0.25, -0.2) is 0 Å². The van der Waals surface area contributed by atoms with E-state index < -0.39 is 10.8 Å². The highest BCUT2D eigenvalue weighted by Gasteiger charge is 2.39. The van der Waals surface area contributed by atoms with Gasteiger partial charge < -0.3 is 4.42 Å². The van der Waals surface area contributed by atoms with E-state index in [1.165, 1.54) is 12.3 Å². The number of carbonyl (C=O) groups is 2. The molecule has 23 heavy (non-hydrogen) atoms. The zero-order valence-electron chi connectivity index (χ0n) is 12.3. The number of Topliss-reactive ketones (excluding diaryl/α,β-unsaturated/α-hetero) is 1. The molecular weight excluding hydrogens is 316 g/mol. The van der Waals surface area contributed by atoms with Crippen LogP contribution in [0.3, 0.4) is 0 Å². The van der Waals surface area contributed by atoms with E-state index in [-0.39, 0.29) is 17.8 Å². The third kappa shape index (κ3) is 2.75. The number of rotatable bonds is 5. The minimum absolute atomic E-state index is 0.121. The highest BCUT2D eigenvalue weighted by molar-refractivity contribution is 6.67. The van der Waals surface area contributed by atoms with Crippen molar-refractivity contribution < 1.29 is 14.0 Å². The average Bonchev–Trinajstić information content (AvgIpc) is 3.18. The van der Waals surface area contributed by atoms with Crippen LogP contribution in [0.1, 0.15) is 27.4 Å². The van der Waals surface area contributed by atoms with Crippen molar-refractivity contribution in [1.29, 1.82) is 0 Å². The average molecular weight is 329 g/mol. The Hall–Kier alpha value is -2.53. The number of aryl methyl sites for hydroxylation is 1. The van der Waals surface area contributed by atoms with Gasteiger partial charge in [-0.1, -0.05) is 0 Å². The smallest absolute Gasteiger partial charge is 0.253 e. The third-order valence-electron chi connectivity index (χ3n) is 3.82. The van der Waals surface area contributed by atoms with Gasteiger partial charge in [-0.3, -0.25) is 19.6 Å². The second kappa shape index (κ2) is 5.93. The van der Waals surface area contributed by atoms with Crippen LogP contribution in [0, 0.1) is 6.92 Å². The Balaban J connectivity index is 1.95. The number of pyridine rings is 1. The summed E-state index contributed by atoms with van der Waals surface area (Å²) in [6.45, 7) is 1.81. The minimum Gasteiger partial charge on any atom is -0.469 e. The molecule has 3 rings (SSSR count). The number of aromatic nitrogens is 1. The number of hydrogen-bond acceptors (Lipinski definition) is 5. The predicted octanol–water partition coefficient (Wildman–Crippen LogP) is 3.01. The largest absolute Gasteiger partial charge is 0.469 e. The Morgan fingerprint density at radius 2 is 2.13 bits per heavy atom. The molecule has 0 bridgehead atoms. The fourth-order valence-electron chi connectivity index (χ4n) is 2.48. The maximum Gasteiger partial charge on any atom is 0.253 e. The molecule has 116 valence electrons. The zero-order chi connectivity index (χ0) is 16.4. The van der Waals surface area contributed by atoms with E-state index in [9.17, 15) is 9.59 Å². The fraction of sp³-hybridized carbons (Fsp3) is 0.176. The van der Waals surface area contributed by atoms with Crippen molar-refractivity contribution in [2.75, 3.05) is 0 Å². The van der Waals surface area contributed by atoms with Crippen LogP contribution < -0.4 is 0 Å². The van der Waals surface area contributed by atoms with Crippen LogP contribution in [0.15, 0.2) is 52.2 Å². The molecule has 2 aromatic rings. The highest BCUT2D eigenvalue weighted by atomic mass is 35.5. The van der Waals surface area contributed by atoms with E-state index in [0.29, 0.717) is 11.5 Å². The van der Waals surface area contributed by atoms with E-state index in [2.05, 4.69) is 9.98 Å². The van der Waals surface area contributed by atoms with Crippen LogP contribution in [-0.2, 0) is 16.8 Å². The molecule has 0 N–H and O–H groups in total. The molecule has 0 spiro atoms. The minimum atomic E-state index is -1.17. The van der Waals surface area contributed by atoms with Crippen molar-refractivity contribution >= 4 is 28.8 Å². The number of carbonyl (C=O) groups excluding carboxylic acids is 2. The van der Waals surface area contributed by atoms with Gasteiger partial charge in [0.15, 0.2) is 11.3 Å². The highest BCUT2D eigenvalue weighted by Crippen LogP contribution is 2.32. The van der Waals surface area contributed by atoms with E-state index in [1.807, 2.05) is 6.92 Å². The molecule has 0 amide bonds. The summed E-state index contributed by atoms with van der Waals surface area (Å²) in [4.78, 5) is 32.5. The number of allylic oxidation sites excluding steroid dienone is 1. The lowest BCUT2D eigenvalue weighted by atomic mass is 9.87. The van der Waals surface area contributed by atoms with Crippen molar-refractivity contribution in [2.45, 2.75) is 18.9 Å². The summed E-state index contributed by atoms with van der Waals surface area (Å²) in [7, 11) is 0. The van der Waals surface area contributed by atoms with Crippen LogP contribution in [0.25, 0.3) is 0 Å². The molecule has 1 atom stereocenters. The van der Waals surface area contributed by atoms with E-state index in [1.54, 1.807) is 36.8 Å². The topological polar surface area (TPSA) is 72.5 Å². The van der Waals surface area contributed by atoms with E-state index in [4.69, 9.17) is 16.0 Å². The van der Waals surface area contributed by atoms with Crippen LogP contribution >= 0.6 is 11.6 Å². The number of ketones is 1. The second-order valence-corrected chi connectivity index (χ2v) is 5.55. The number of nitrogens with zero attached hydrogens (tertiary/aromatic N) is 2. The van der Waals surface area contributed by atoms with Crippen LogP contribution in [0.2, 0.25) is 0 Å². The molecule has 5 nitrogen and oxygen atoms in total.